The average molecular weight is 312 g/mol. The number of amides is 1. The van der Waals surface area contributed by atoms with Crippen molar-refractivity contribution in [3.63, 3.8) is 0 Å². The second-order valence-corrected chi connectivity index (χ2v) is 6.24. The third-order valence-electron chi connectivity index (χ3n) is 4.47. The number of carbonyl (C=O) groups is 1. The van der Waals surface area contributed by atoms with Crippen LogP contribution in [-0.4, -0.2) is 18.0 Å². The molecule has 0 spiro atoms. The van der Waals surface area contributed by atoms with Gasteiger partial charge in [0, 0.05) is 6.04 Å². The Morgan fingerprint density at radius 3 is 2.52 bits per heavy atom. The Kier molecular flexibility index (Phi) is 5.13. The van der Waals surface area contributed by atoms with Crippen LogP contribution in [0.25, 0.3) is 0 Å². The molecule has 1 amide bonds. The topological polar surface area (TPSA) is 54.3 Å². The van der Waals surface area contributed by atoms with E-state index in [1.807, 2.05) is 49.4 Å². The van der Waals surface area contributed by atoms with E-state index < -0.39 is 0 Å². The van der Waals surface area contributed by atoms with Crippen LogP contribution in [-0.2, 0) is 4.79 Å². The fraction of sp³-hybridized carbons (Fsp3) is 0.421. The molecule has 2 N–H and O–H groups in total. The summed E-state index contributed by atoms with van der Waals surface area (Å²) >= 11 is 0. The molecular weight excluding hydrogens is 288 g/mol. The lowest BCUT2D eigenvalue weighted by Crippen LogP contribution is -2.46. The predicted molar refractivity (Wildman–Crippen MR) is 90.0 cm³/mol. The molecule has 0 saturated heterocycles. The van der Waals surface area contributed by atoms with Gasteiger partial charge in [0.1, 0.15) is 5.76 Å². The fourth-order valence-corrected chi connectivity index (χ4v) is 3.17. The lowest BCUT2D eigenvalue weighted by atomic mass is 10.0. The Labute approximate surface area is 137 Å². The van der Waals surface area contributed by atoms with Crippen molar-refractivity contribution in [3.05, 3.63) is 60.1 Å². The molecule has 1 aliphatic rings. The quantitative estimate of drug-likeness (QED) is 0.859. The summed E-state index contributed by atoms with van der Waals surface area (Å²) in [6.45, 7) is 1.91. The van der Waals surface area contributed by atoms with E-state index in [2.05, 4.69) is 10.6 Å². The Morgan fingerprint density at radius 2 is 1.87 bits per heavy atom. The number of hydrogen-bond acceptors (Lipinski definition) is 3. The van der Waals surface area contributed by atoms with E-state index in [1.54, 1.807) is 6.26 Å². The molecule has 1 saturated carbocycles. The van der Waals surface area contributed by atoms with Crippen molar-refractivity contribution in [2.24, 2.45) is 0 Å². The number of hydrogen-bond donors (Lipinski definition) is 2. The van der Waals surface area contributed by atoms with Crippen molar-refractivity contribution in [2.75, 3.05) is 0 Å². The first-order valence-corrected chi connectivity index (χ1v) is 8.39. The zero-order chi connectivity index (χ0) is 16.1. The maximum Gasteiger partial charge on any atom is 0.237 e. The fourth-order valence-electron chi connectivity index (χ4n) is 3.17. The highest BCUT2D eigenvalue weighted by Crippen LogP contribution is 2.23. The van der Waals surface area contributed by atoms with Crippen molar-refractivity contribution in [3.8, 4) is 0 Å². The van der Waals surface area contributed by atoms with E-state index in [0.29, 0.717) is 6.04 Å². The van der Waals surface area contributed by atoms with Crippen LogP contribution in [0, 0.1) is 0 Å². The zero-order valence-electron chi connectivity index (χ0n) is 13.5. The second-order valence-electron chi connectivity index (χ2n) is 6.24. The van der Waals surface area contributed by atoms with Crippen LogP contribution in [0.5, 0.6) is 0 Å². The van der Waals surface area contributed by atoms with Gasteiger partial charge in [0.25, 0.3) is 0 Å². The van der Waals surface area contributed by atoms with Gasteiger partial charge in [-0.15, -0.1) is 0 Å². The number of nitrogens with one attached hydrogen (secondary N) is 2. The van der Waals surface area contributed by atoms with E-state index in [0.717, 1.165) is 24.2 Å². The summed E-state index contributed by atoms with van der Waals surface area (Å²) in [4.78, 5) is 12.4. The number of benzene rings is 1. The van der Waals surface area contributed by atoms with Gasteiger partial charge in [-0.1, -0.05) is 43.2 Å². The van der Waals surface area contributed by atoms with Crippen molar-refractivity contribution >= 4 is 5.91 Å². The van der Waals surface area contributed by atoms with Crippen LogP contribution >= 0.6 is 0 Å². The maximum absolute atomic E-state index is 12.4. The molecule has 1 heterocycles. The molecular formula is C19H24N2O2. The smallest absolute Gasteiger partial charge is 0.237 e. The second kappa shape index (κ2) is 7.47. The van der Waals surface area contributed by atoms with Gasteiger partial charge in [0.15, 0.2) is 0 Å². The van der Waals surface area contributed by atoms with Crippen LogP contribution in [0.4, 0.5) is 0 Å². The molecule has 1 fully saturated rings. The lowest BCUT2D eigenvalue weighted by Gasteiger charge is -2.23. The molecule has 4 nitrogen and oxygen atoms in total. The van der Waals surface area contributed by atoms with Crippen LogP contribution < -0.4 is 10.6 Å². The highest BCUT2D eigenvalue weighted by molar-refractivity contribution is 5.81. The zero-order valence-corrected chi connectivity index (χ0v) is 13.5. The highest BCUT2D eigenvalue weighted by Gasteiger charge is 2.25. The van der Waals surface area contributed by atoms with Crippen LogP contribution in [0.1, 0.15) is 50.0 Å². The summed E-state index contributed by atoms with van der Waals surface area (Å²) in [7, 11) is 0. The molecule has 0 unspecified atom stereocenters. The summed E-state index contributed by atoms with van der Waals surface area (Å²) in [6, 6.07) is 13.8. The molecule has 4 heteroatoms. The largest absolute Gasteiger partial charge is 0.467 e. The normalized spacial score (nSPS) is 17.8. The van der Waals surface area contributed by atoms with Crippen molar-refractivity contribution < 1.29 is 9.21 Å². The first-order valence-electron chi connectivity index (χ1n) is 8.39. The minimum Gasteiger partial charge on any atom is -0.467 e. The Bertz CT molecular complexity index is 604. The molecule has 23 heavy (non-hydrogen) atoms. The number of rotatable bonds is 6. The van der Waals surface area contributed by atoms with Gasteiger partial charge >= 0.3 is 0 Å². The predicted octanol–water partition coefficient (Wildman–Crippen LogP) is 3.41. The van der Waals surface area contributed by atoms with Crippen LogP contribution in [0.3, 0.4) is 0 Å². The minimum atomic E-state index is -0.286. The lowest BCUT2D eigenvalue weighted by molar-refractivity contribution is -0.123. The Hall–Kier alpha value is -2.07. The molecule has 122 valence electrons. The molecule has 0 radical (unpaired) electrons. The summed E-state index contributed by atoms with van der Waals surface area (Å²) in [6.07, 6.45) is 6.28. The van der Waals surface area contributed by atoms with E-state index in [9.17, 15) is 4.79 Å². The van der Waals surface area contributed by atoms with Gasteiger partial charge in [-0.3, -0.25) is 10.1 Å². The van der Waals surface area contributed by atoms with Gasteiger partial charge in [-0.2, -0.15) is 0 Å². The first-order chi connectivity index (χ1) is 11.2. The Morgan fingerprint density at radius 1 is 1.13 bits per heavy atom. The summed E-state index contributed by atoms with van der Waals surface area (Å²) < 4.78 is 5.57. The molecule has 0 aliphatic heterocycles. The summed E-state index contributed by atoms with van der Waals surface area (Å²) in [5.74, 6) is 0.876. The molecule has 2 aromatic rings. The third-order valence-corrected chi connectivity index (χ3v) is 4.47. The molecule has 1 aromatic carbocycles. The summed E-state index contributed by atoms with van der Waals surface area (Å²) in [5, 5.41) is 6.55. The van der Waals surface area contributed by atoms with Gasteiger partial charge in [0.05, 0.1) is 18.3 Å². The maximum atomic E-state index is 12.4. The monoisotopic (exact) mass is 312 g/mol. The van der Waals surface area contributed by atoms with Gasteiger partial charge in [-0.05, 0) is 37.5 Å². The van der Waals surface area contributed by atoms with Crippen molar-refractivity contribution in [1.82, 2.24) is 10.6 Å². The molecule has 2 atom stereocenters. The molecule has 1 aromatic heterocycles. The van der Waals surface area contributed by atoms with Crippen molar-refractivity contribution in [1.29, 1.82) is 0 Å². The van der Waals surface area contributed by atoms with E-state index in [-0.39, 0.29) is 18.0 Å². The standard InChI is InChI=1S/C19H24N2O2/c1-14(19(22)21-16-10-5-6-11-16)20-18(17-12-7-13-23-17)15-8-3-2-4-9-15/h2-4,7-9,12-14,16,18,20H,5-6,10-11H2,1H3,(H,21,22)/t14-,18-/m1/s1. The molecule has 3 rings (SSSR count). The van der Waals surface area contributed by atoms with Gasteiger partial charge in [-0.25, -0.2) is 0 Å². The third kappa shape index (κ3) is 4.02. The van der Waals surface area contributed by atoms with Crippen LogP contribution in [0.2, 0.25) is 0 Å². The Balaban J connectivity index is 1.69. The SMILES string of the molecule is C[C@@H](N[C@H](c1ccccc1)c1ccco1)C(=O)NC1CCCC1. The number of furan rings is 1. The van der Waals surface area contributed by atoms with E-state index in [1.165, 1.54) is 12.8 Å². The van der Waals surface area contributed by atoms with E-state index >= 15 is 0 Å². The van der Waals surface area contributed by atoms with Gasteiger partial charge in [0.2, 0.25) is 5.91 Å². The van der Waals surface area contributed by atoms with Gasteiger partial charge < -0.3 is 9.73 Å². The number of carbonyl (C=O) groups excluding carboxylic acids is 1. The summed E-state index contributed by atoms with van der Waals surface area (Å²) in [5.41, 5.74) is 1.09. The van der Waals surface area contributed by atoms with E-state index in [4.69, 9.17) is 4.42 Å². The molecule has 0 bridgehead atoms. The average Bonchev–Trinajstić information content (AvgIpc) is 3.26. The first kappa shape index (κ1) is 15.8. The highest BCUT2D eigenvalue weighted by atomic mass is 16.3. The van der Waals surface area contributed by atoms with Crippen molar-refractivity contribution in [2.45, 2.75) is 50.7 Å². The minimum absolute atomic E-state index is 0.0596. The van der Waals surface area contributed by atoms with Crippen LogP contribution in [0.15, 0.2) is 53.1 Å². The molecule has 1 aliphatic carbocycles.